The van der Waals surface area contributed by atoms with Crippen molar-refractivity contribution in [2.24, 2.45) is 0 Å². The molecule has 0 saturated carbocycles. The van der Waals surface area contributed by atoms with Gasteiger partial charge in [-0.25, -0.2) is 0 Å². The minimum Gasteiger partial charge on any atom is -0.389 e. The smallest absolute Gasteiger partial charge is 0.248 e. The van der Waals surface area contributed by atoms with Crippen LogP contribution < -0.4 is 5.32 Å². The number of nitrogens with one attached hydrogen (secondary N) is 1. The Labute approximate surface area is 132 Å². The number of halogens is 1. The lowest BCUT2D eigenvalue weighted by atomic mass is 10.1. The number of para-hydroxylation sites is 1. The molecule has 0 spiro atoms. The van der Waals surface area contributed by atoms with E-state index in [9.17, 15) is 9.90 Å². The number of amides is 1. The Balaban J connectivity index is 2.11. The fraction of sp³-hybridized carbons (Fsp3) is 0.118. The number of aliphatic hydroxyl groups is 1. The minimum absolute atomic E-state index is 0.237. The molecule has 1 atom stereocenters. The van der Waals surface area contributed by atoms with Crippen LogP contribution in [-0.4, -0.2) is 11.0 Å². The largest absolute Gasteiger partial charge is 0.389 e. The van der Waals surface area contributed by atoms with Gasteiger partial charge in [0, 0.05) is 21.8 Å². The zero-order chi connectivity index (χ0) is 15.2. The molecule has 0 aromatic heterocycles. The molecule has 1 amide bonds. The number of anilines is 1. The first-order chi connectivity index (χ1) is 10.1. The van der Waals surface area contributed by atoms with Crippen LogP contribution in [0.3, 0.4) is 0 Å². The molecule has 0 fully saturated rings. The van der Waals surface area contributed by atoms with Crippen LogP contribution in [0.2, 0.25) is 0 Å². The van der Waals surface area contributed by atoms with Gasteiger partial charge in [-0.2, -0.15) is 0 Å². The van der Waals surface area contributed by atoms with Gasteiger partial charge in [-0.05, 0) is 30.7 Å². The predicted octanol–water partition coefficient (Wildman–Crippen LogP) is 4.15. The number of carbonyl (C=O) groups is 1. The summed E-state index contributed by atoms with van der Waals surface area (Å²) in [5.41, 5.74) is 2.24. The highest BCUT2D eigenvalue weighted by Crippen LogP contribution is 2.22. The highest BCUT2D eigenvalue weighted by atomic mass is 79.9. The summed E-state index contributed by atoms with van der Waals surface area (Å²) in [6, 6.07) is 14.9. The van der Waals surface area contributed by atoms with E-state index in [1.165, 1.54) is 6.08 Å². The maximum atomic E-state index is 12.0. The van der Waals surface area contributed by atoms with Crippen molar-refractivity contribution in [1.82, 2.24) is 0 Å². The summed E-state index contributed by atoms with van der Waals surface area (Å²) < 4.78 is 0.929. The van der Waals surface area contributed by atoms with Crippen LogP contribution in [0.1, 0.15) is 24.2 Å². The second-order valence-corrected chi connectivity index (χ2v) is 5.46. The number of hydrogen-bond acceptors (Lipinski definition) is 2. The molecule has 4 heteroatoms. The molecule has 2 N–H and O–H groups in total. The fourth-order valence-electron chi connectivity index (χ4n) is 1.93. The Morgan fingerprint density at radius 3 is 2.57 bits per heavy atom. The first-order valence-corrected chi connectivity index (χ1v) is 7.38. The highest BCUT2D eigenvalue weighted by molar-refractivity contribution is 9.10. The van der Waals surface area contributed by atoms with Crippen LogP contribution in [0.25, 0.3) is 6.08 Å². The van der Waals surface area contributed by atoms with Crippen LogP contribution in [0.15, 0.2) is 59.1 Å². The number of rotatable bonds is 4. The van der Waals surface area contributed by atoms with Crippen LogP contribution >= 0.6 is 15.9 Å². The summed E-state index contributed by atoms with van der Waals surface area (Å²) in [6.45, 7) is 1.67. The standard InChI is InChI=1S/C17H16BrNO2/c1-12(20)14-7-3-5-9-16(14)19-17(21)11-10-13-6-2-4-8-15(13)18/h2-12,20H,1H3,(H,19,21). The van der Waals surface area contributed by atoms with Crippen molar-refractivity contribution >= 4 is 33.6 Å². The van der Waals surface area contributed by atoms with E-state index in [1.807, 2.05) is 36.4 Å². The number of benzene rings is 2. The quantitative estimate of drug-likeness (QED) is 0.817. The van der Waals surface area contributed by atoms with Gasteiger partial charge in [0.05, 0.1) is 6.10 Å². The van der Waals surface area contributed by atoms with Crippen molar-refractivity contribution in [3.8, 4) is 0 Å². The topological polar surface area (TPSA) is 49.3 Å². The normalized spacial score (nSPS) is 12.3. The van der Waals surface area contributed by atoms with E-state index in [2.05, 4.69) is 21.2 Å². The lowest BCUT2D eigenvalue weighted by Crippen LogP contribution is -2.10. The lowest BCUT2D eigenvalue weighted by molar-refractivity contribution is -0.111. The van der Waals surface area contributed by atoms with Crippen molar-refractivity contribution in [1.29, 1.82) is 0 Å². The molecule has 1 unspecified atom stereocenters. The molecule has 108 valence electrons. The Morgan fingerprint density at radius 1 is 1.19 bits per heavy atom. The number of aliphatic hydroxyl groups excluding tert-OH is 1. The first-order valence-electron chi connectivity index (χ1n) is 6.58. The van der Waals surface area contributed by atoms with Gasteiger partial charge in [-0.3, -0.25) is 4.79 Å². The summed E-state index contributed by atoms with van der Waals surface area (Å²) >= 11 is 3.43. The van der Waals surface area contributed by atoms with E-state index >= 15 is 0 Å². The monoisotopic (exact) mass is 345 g/mol. The summed E-state index contributed by atoms with van der Waals surface area (Å²) in [5, 5.41) is 12.5. The van der Waals surface area contributed by atoms with Gasteiger partial charge in [0.25, 0.3) is 0 Å². The van der Waals surface area contributed by atoms with Crippen LogP contribution in [0, 0.1) is 0 Å². The number of carbonyl (C=O) groups excluding carboxylic acids is 1. The summed E-state index contributed by atoms with van der Waals surface area (Å²) in [7, 11) is 0. The van der Waals surface area contributed by atoms with Gasteiger partial charge >= 0.3 is 0 Å². The average molecular weight is 346 g/mol. The van der Waals surface area contributed by atoms with E-state index in [1.54, 1.807) is 25.1 Å². The summed E-state index contributed by atoms with van der Waals surface area (Å²) in [4.78, 5) is 12.0. The molecule has 0 aliphatic rings. The van der Waals surface area contributed by atoms with E-state index in [0.717, 1.165) is 10.0 Å². The van der Waals surface area contributed by atoms with Crippen molar-refractivity contribution in [2.45, 2.75) is 13.0 Å². The van der Waals surface area contributed by atoms with Crippen LogP contribution in [-0.2, 0) is 4.79 Å². The molecular formula is C17H16BrNO2. The van der Waals surface area contributed by atoms with Crippen molar-refractivity contribution in [2.75, 3.05) is 5.32 Å². The average Bonchev–Trinajstić information content (AvgIpc) is 2.47. The molecule has 0 heterocycles. The molecule has 21 heavy (non-hydrogen) atoms. The summed E-state index contributed by atoms with van der Waals surface area (Å²) in [6.07, 6.45) is 2.58. The van der Waals surface area contributed by atoms with Gasteiger partial charge in [0.15, 0.2) is 0 Å². The third-order valence-corrected chi connectivity index (χ3v) is 3.71. The highest BCUT2D eigenvalue weighted by Gasteiger charge is 2.08. The van der Waals surface area contributed by atoms with E-state index in [4.69, 9.17) is 0 Å². The molecule has 0 radical (unpaired) electrons. The Hall–Kier alpha value is -1.91. The maximum absolute atomic E-state index is 12.0. The molecule has 0 bridgehead atoms. The molecule has 2 rings (SSSR count). The van der Waals surface area contributed by atoms with Gasteiger partial charge in [-0.15, -0.1) is 0 Å². The van der Waals surface area contributed by atoms with E-state index in [0.29, 0.717) is 11.3 Å². The van der Waals surface area contributed by atoms with Gasteiger partial charge in [-0.1, -0.05) is 52.3 Å². The zero-order valence-electron chi connectivity index (χ0n) is 11.6. The van der Waals surface area contributed by atoms with E-state index < -0.39 is 6.10 Å². The first kappa shape index (κ1) is 15.5. The van der Waals surface area contributed by atoms with Gasteiger partial charge in [0.1, 0.15) is 0 Å². The van der Waals surface area contributed by atoms with Crippen molar-refractivity contribution < 1.29 is 9.90 Å². The molecule has 3 nitrogen and oxygen atoms in total. The zero-order valence-corrected chi connectivity index (χ0v) is 13.2. The van der Waals surface area contributed by atoms with Gasteiger partial charge in [0.2, 0.25) is 5.91 Å². The van der Waals surface area contributed by atoms with Crippen LogP contribution in [0.4, 0.5) is 5.69 Å². The molecule has 2 aromatic carbocycles. The summed E-state index contributed by atoms with van der Waals surface area (Å²) in [5.74, 6) is -0.237. The van der Waals surface area contributed by atoms with Gasteiger partial charge < -0.3 is 10.4 Å². The second kappa shape index (κ2) is 7.20. The minimum atomic E-state index is -0.631. The third-order valence-electron chi connectivity index (χ3n) is 2.99. The fourth-order valence-corrected chi connectivity index (χ4v) is 2.34. The van der Waals surface area contributed by atoms with Crippen LogP contribution in [0.5, 0.6) is 0 Å². The Kier molecular flexibility index (Phi) is 5.31. The molecule has 2 aromatic rings. The lowest BCUT2D eigenvalue weighted by Gasteiger charge is -2.11. The Bertz CT molecular complexity index is 665. The maximum Gasteiger partial charge on any atom is 0.248 e. The van der Waals surface area contributed by atoms with Crippen molar-refractivity contribution in [3.05, 3.63) is 70.2 Å². The Morgan fingerprint density at radius 2 is 1.86 bits per heavy atom. The number of hydrogen-bond donors (Lipinski definition) is 2. The molecular weight excluding hydrogens is 330 g/mol. The molecule has 0 aliphatic carbocycles. The predicted molar refractivity (Wildman–Crippen MR) is 88.9 cm³/mol. The van der Waals surface area contributed by atoms with Crippen molar-refractivity contribution in [3.63, 3.8) is 0 Å². The molecule has 0 saturated heterocycles. The third kappa shape index (κ3) is 4.28. The molecule has 0 aliphatic heterocycles. The second-order valence-electron chi connectivity index (χ2n) is 4.61. The SMILES string of the molecule is CC(O)c1ccccc1NC(=O)C=Cc1ccccc1Br. The van der Waals surface area contributed by atoms with E-state index in [-0.39, 0.29) is 5.91 Å².